The van der Waals surface area contributed by atoms with Crippen LogP contribution >= 0.6 is 0 Å². The normalized spacial score (nSPS) is 11.2. The largest absolute Gasteiger partial charge is 0.493 e. The first-order valence-electron chi connectivity index (χ1n) is 13.8. The van der Waals surface area contributed by atoms with Crippen LogP contribution < -0.4 is 15.6 Å². The van der Waals surface area contributed by atoms with Crippen molar-refractivity contribution in [3.8, 4) is 5.75 Å². The number of hydrogen-bond donors (Lipinski definition) is 2. The standard InChI is InChI=1S/C32H39N5O3/c1-5-32(3,4)27-21-24(2)17-18-28(27)39-20-12-19-37(23-26-15-10-7-11-16-26)31(38)35-34-30-33-29(36-40-30)22-25-13-8-6-9-14-25/h6-11,13-18,21H,5,12,19-20,22-23H2,1-4H3,(H,35,38)(H,33,34,36). The van der Waals surface area contributed by atoms with Gasteiger partial charge in [-0.15, -0.1) is 0 Å². The van der Waals surface area contributed by atoms with Crippen LogP contribution in [-0.2, 0) is 18.4 Å². The number of nitrogens with zero attached hydrogens (tertiary/aromatic N) is 3. The number of nitrogens with one attached hydrogen (secondary N) is 2. The number of urea groups is 1. The highest BCUT2D eigenvalue weighted by atomic mass is 16.5. The highest BCUT2D eigenvalue weighted by Gasteiger charge is 2.23. The number of carbonyl (C=O) groups is 1. The highest BCUT2D eigenvalue weighted by Crippen LogP contribution is 2.35. The topological polar surface area (TPSA) is 92.5 Å². The van der Waals surface area contributed by atoms with Crippen molar-refractivity contribution >= 4 is 12.0 Å². The first-order chi connectivity index (χ1) is 19.3. The number of aromatic nitrogens is 2. The lowest BCUT2D eigenvalue weighted by molar-refractivity contribution is 0.190. The maximum absolute atomic E-state index is 13.2. The van der Waals surface area contributed by atoms with Crippen molar-refractivity contribution in [2.75, 3.05) is 18.6 Å². The van der Waals surface area contributed by atoms with Crippen LogP contribution in [0, 0.1) is 6.92 Å². The number of amides is 2. The number of hydrogen-bond acceptors (Lipinski definition) is 6. The number of carbonyl (C=O) groups excluding carboxylic acids is 1. The Morgan fingerprint density at radius 2 is 1.70 bits per heavy atom. The van der Waals surface area contributed by atoms with Gasteiger partial charge in [-0.2, -0.15) is 4.98 Å². The predicted molar refractivity (Wildman–Crippen MR) is 157 cm³/mol. The Morgan fingerprint density at radius 3 is 2.40 bits per heavy atom. The summed E-state index contributed by atoms with van der Waals surface area (Å²) in [6, 6.07) is 26.0. The van der Waals surface area contributed by atoms with Crippen molar-refractivity contribution in [3.05, 3.63) is 107 Å². The third kappa shape index (κ3) is 8.09. The van der Waals surface area contributed by atoms with Gasteiger partial charge in [0.05, 0.1) is 6.61 Å². The first-order valence-corrected chi connectivity index (χ1v) is 13.8. The molecule has 8 heteroatoms. The third-order valence-electron chi connectivity index (χ3n) is 7.03. The van der Waals surface area contributed by atoms with Gasteiger partial charge in [0.2, 0.25) is 0 Å². The van der Waals surface area contributed by atoms with Crippen LogP contribution in [-0.4, -0.2) is 34.2 Å². The number of benzene rings is 3. The molecule has 0 fully saturated rings. The monoisotopic (exact) mass is 541 g/mol. The first kappa shape index (κ1) is 28.7. The minimum absolute atomic E-state index is 0.0158. The Kier molecular flexibility index (Phi) is 9.78. The molecule has 210 valence electrons. The van der Waals surface area contributed by atoms with Crippen molar-refractivity contribution in [2.45, 2.75) is 58.9 Å². The number of aryl methyl sites for hydroxylation is 1. The smallest absolute Gasteiger partial charge is 0.340 e. The number of rotatable bonds is 13. The van der Waals surface area contributed by atoms with Gasteiger partial charge in [-0.3, -0.25) is 0 Å². The van der Waals surface area contributed by atoms with Gasteiger partial charge in [0.25, 0.3) is 0 Å². The summed E-state index contributed by atoms with van der Waals surface area (Å²) < 4.78 is 11.5. The second kappa shape index (κ2) is 13.6. The fourth-order valence-electron chi connectivity index (χ4n) is 4.32. The molecule has 0 atom stereocenters. The summed E-state index contributed by atoms with van der Waals surface area (Å²) in [5, 5.41) is 4.00. The molecule has 40 heavy (non-hydrogen) atoms. The van der Waals surface area contributed by atoms with Crippen molar-refractivity contribution in [1.29, 1.82) is 0 Å². The van der Waals surface area contributed by atoms with Crippen LogP contribution in [0.25, 0.3) is 0 Å². The van der Waals surface area contributed by atoms with Gasteiger partial charge in [0.1, 0.15) is 5.75 Å². The van der Waals surface area contributed by atoms with Crippen LogP contribution in [0.1, 0.15) is 61.7 Å². The summed E-state index contributed by atoms with van der Waals surface area (Å²) in [5.41, 5.74) is 10.0. The third-order valence-corrected chi connectivity index (χ3v) is 7.03. The van der Waals surface area contributed by atoms with Crippen LogP contribution in [0.3, 0.4) is 0 Å². The Balaban J connectivity index is 1.34. The van der Waals surface area contributed by atoms with Gasteiger partial charge in [0, 0.05) is 19.5 Å². The van der Waals surface area contributed by atoms with E-state index in [-0.39, 0.29) is 17.5 Å². The van der Waals surface area contributed by atoms with Gasteiger partial charge in [-0.05, 0) is 47.9 Å². The summed E-state index contributed by atoms with van der Waals surface area (Å²) in [5.74, 6) is 1.43. The molecule has 2 amide bonds. The van der Waals surface area contributed by atoms with Crippen LogP contribution in [0.15, 0.2) is 83.4 Å². The molecule has 4 rings (SSSR count). The van der Waals surface area contributed by atoms with Crippen LogP contribution in [0.5, 0.6) is 5.75 Å². The zero-order chi connectivity index (χ0) is 28.4. The lowest BCUT2D eigenvalue weighted by atomic mass is 9.81. The summed E-state index contributed by atoms with van der Waals surface area (Å²) in [6.45, 7) is 10.2. The van der Waals surface area contributed by atoms with Crippen LogP contribution in [0.2, 0.25) is 0 Å². The molecular formula is C32H39N5O3. The summed E-state index contributed by atoms with van der Waals surface area (Å²) in [4.78, 5) is 19.2. The number of ether oxygens (including phenoxy) is 1. The van der Waals surface area contributed by atoms with Crippen molar-refractivity contribution in [3.63, 3.8) is 0 Å². The van der Waals surface area contributed by atoms with E-state index in [1.807, 2.05) is 60.7 Å². The van der Waals surface area contributed by atoms with Crippen molar-refractivity contribution in [2.24, 2.45) is 0 Å². The molecule has 0 aliphatic carbocycles. The summed E-state index contributed by atoms with van der Waals surface area (Å²) in [7, 11) is 0. The summed E-state index contributed by atoms with van der Waals surface area (Å²) in [6.07, 6.45) is 2.22. The second-order valence-corrected chi connectivity index (χ2v) is 10.6. The Bertz CT molecular complexity index is 1360. The van der Waals surface area contributed by atoms with E-state index in [4.69, 9.17) is 9.26 Å². The molecule has 0 aliphatic rings. The van der Waals surface area contributed by atoms with Gasteiger partial charge in [0.15, 0.2) is 5.82 Å². The average Bonchev–Trinajstić information content (AvgIpc) is 3.42. The van der Waals surface area contributed by atoms with Gasteiger partial charge in [-0.1, -0.05) is 104 Å². The SMILES string of the molecule is CCC(C)(C)c1cc(C)ccc1OCCCN(Cc1ccccc1)C(=O)NNc1nc(Cc2ccccc2)no1. The zero-order valence-electron chi connectivity index (χ0n) is 23.8. The van der Waals surface area contributed by atoms with Crippen molar-refractivity contribution in [1.82, 2.24) is 20.5 Å². The molecule has 0 spiro atoms. The van der Waals surface area contributed by atoms with E-state index < -0.39 is 0 Å². The fourth-order valence-corrected chi connectivity index (χ4v) is 4.32. The lowest BCUT2D eigenvalue weighted by Crippen LogP contribution is -2.43. The molecule has 0 saturated heterocycles. The van der Waals surface area contributed by atoms with E-state index in [1.54, 1.807) is 4.90 Å². The summed E-state index contributed by atoms with van der Waals surface area (Å²) >= 11 is 0. The van der Waals surface area contributed by atoms with E-state index in [0.29, 0.717) is 38.4 Å². The molecule has 0 aliphatic heterocycles. The Hall–Kier alpha value is -4.33. The molecule has 4 aromatic rings. The molecule has 8 nitrogen and oxygen atoms in total. The quantitative estimate of drug-likeness (QED) is 0.145. The van der Waals surface area contributed by atoms with Gasteiger partial charge in [-0.25, -0.2) is 15.6 Å². The minimum atomic E-state index is -0.296. The number of hydrazine groups is 1. The number of anilines is 1. The predicted octanol–water partition coefficient (Wildman–Crippen LogP) is 6.66. The zero-order valence-corrected chi connectivity index (χ0v) is 23.8. The lowest BCUT2D eigenvalue weighted by Gasteiger charge is -2.27. The second-order valence-electron chi connectivity index (χ2n) is 10.6. The highest BCUT2D eigenvalue weighted by molar-refractivity contribution is 5.75. The molecule has 0 unspecified atom stereocenters. The molecule has 3 aromatic carbocycles. The minimum Gasteiger partial charge on any atom is -0.493 e. The molecule has 2 N–H and O–H groups in total. The van der Waals surface area contributed by atoms with E-state index >= 15 is 0 Å². The molecule has 0 radical (unpaired) electrons. The van der Waals surface area contributed by atoms with Crippen molar-refractivity contribution < 1.29 is 14.1 Å². The Labute approximate surface area is 236 Å². The molecule has 1 heterocycles. The van der Waals surface area contributed by atoms with Gasteiger partial charge < -0.3 is 14.2 Å². The van der Waals surface area contributed by atoms with E-state index in [0.717, 1.165) is 23.3 Å². The van der Waals surface area contributed by atoms with E-state index in [1.165, 1.54) is 11.1 Å². The average molecular weight is 542 g/mol. The van der Waals surface area contributed by atoms with Crippen LogP contribution in [0.4, 0.5) is 10.8 Å². The fraction of sp³-hybridized carbons (Fsp3) is 0.344. The van der Waals surface area contributed by atoms with E-state index in [2.05, 4.69) is 66.9 Å². The maximum atomic E-state index is 13.2. The molecular weight excluding hydrogens is 502 g/mol. The molecule has 1 aromatic heterocycles. The van der Waals surface area contributed by atoms with E-state index in [9.17, 15) is 4.79 Å². The molecule has 0 saturated carbocycles. The molecule has 0 bridgehead atoms. The van der Waals surface area contributed by atoms with Gasteiger partial charge >= 0.3 is 12.0 Å². The maximum Gasteiger partial charge on any atom is 0.340 e. The Morgan fingerprint density at radius 1 is 1.00 bits per heavy atom.